The average molecular weight is 280 g/mol. The lowest BCUT2D eigenvalue weighted by Gasteiger charge is -2.08. The van der Waals surface area contributed by atoms with Crippen molar-refractivity contribution in [3.63, 3.8) is 0 Å². The van der Waals surface area contributed by atoms with Crippen LogP contribution >= 0.6 is 0 Å². The Bertz CT molecular complexity index is 789. The van der Waals surface area contributed by atoms with Crippen LogP contribution in [-0.2, 0) is 13.6 Å². The lowest BCUT2D eigenvalue weighted by molar-refractivity contribution is 0.859. The predicted octanol–water partition coefficient (Wildman–Crippen LogP) is 2.39. The summed E-state index contributed by atoms with van der Waals surface area (Å²) < 4.78 is 1.55. The average Bonchev–Trinajstić information content (AvgIpc) is 2.98. The van der Waals surface area contributed by atoms with Gasteiger partial charge in [-0.1, -0.05) is 30.3 Å². The summed E-state index contributed by atoms with van der Waals surface area (Å²) in [5.74, 6) is 0. The van der Waals surface area contributed by atoms with Crippen LogP contribution in [0.4, 0.5) is 5.69 Å². The molecule has 0 unspecified atom stereocenters. The van der Waals surface area contributed by atoms with E-state index in [4.69, 9.17) is 0 Å². The van der Waals surface area contributed by atoms with E-state index in [0.717, 1.165) is 22.5 Å². The highest BCUT2D eigenvalue weighted by atomic mass is 16.1. The van der Waals surface area contributed by atoms with E-state index in [1.54, 1.807) is 29.9 Å². The molecule has 106 valence electrons. The van der Waals surface area contributed by atoms with Gasteiger partial charge in [0.1, 0.15) is 0 Å². The highest BCUT2D eigenvalue weighted by Crippen LogP contribution is 2.21. The fourth-order valence-electron chi connectivity index (χ4n) is 2.20. The molecule has 0 saturated carbocycles. The number of aromatic nitrogens is 3. The Morgan fingerprint density at radius 3 is 2.76 bits per heavy atom. The van der Waals surface area contributed by atoms with Gasteiger partial charge >= 0.3 is 0 Å². The Balaban J connectivity index is 1.79. The molecular weight excluding hydrogens is 264 g/mol. The van der Waals surface area contributed by atoms with Gasteiger partial charge in [-0.05, 0) is 11.6 Å². The maximum Gasteiger partial charge on any atom is 0.250 e. The van der Waals surface area contributed by atoms with Crippen molar-refractivity contribution in [2.75, 3.05) is 5.32 Å². The van der Waals surface area contributed by atoms with E-state index >= 15 is 0 Å². The Hall–Kier alpha value is -2.82. The van der Waals surface area contributed by atoms with Crippen molar-refractivity contribution in [2.45, 2.75) is 6.54 Å². The number of aryl methyl sites for hydroxylation is 1. The summed E-state index contributed by atoms with van der Waals surface area (Å²) in [6.07, 6.45) is 3.60. The third-order valence-corrected chi connectivity index (χ3v) is 3.35. The number of H-pyrrole nitrogens is 1. The van der Waals surface area contributed by atoms with Gasteiger partial charge in [-0.3, -0.25) is 9.89 Å². The minimum Gasteiger partial charge on any atom is -0.380 e. The summed E-state index contributed by atoms with van der Waals surface area (Å²) in [6.45, 7) is 0.638. The van der Waals surface area contributed by atoms with Crippen LogP contribution in [0.3, 0.4) is 0 Å². The van der Waals surface area contributed by atoms with E-state index in [1.807, 2.05) is 36.5 Å². The van der Waals surface area contributed by atoms with Crippen molar-refractivity contribution >= 4 is 5.69 Å². The SMILES string of the molecule is Cn1cc(NCc2cn[nH]c2-c2ccccc2)ccc1=O. The molecule has 2 N–H and O–H groups in total. The van der Waals surface area contributed by atoms with Crippen LogP contribution in [0, 0.1) is 0 Å². The summed E-state index contributed by atoms with van der Waals surface area (Å²) in [5.41, 5.74) is 4.07. The molecular formula is C16H16N4O. The normalized spacial score (nSPS) is 10.5. The summed E-state index contributed by atoms with van der Waals surface area (Å²) in [6, 6.07) is 13.4. The lowest BCUT2D eigenvalue weighted by atomic mass is 10.1. The second-order valence-corrected chi connectivity index (χ2v) is 4.86. The molecule has 0 bridgehead atoms. The molecule has 0 aliphatic rings. The first-order valence-corrected chi connectivity index (χ1v) is 6.72. The Morgan fingerprint density at radius 2 is 2.00 bits per heavy atom. The van der Waals surface area contributed by atoms with Gasteiger partial charge in [0.25, 0.3) is 0 Å². The zero-order chi connectivity index (χ0) is 14.7. The minimum atomic E-state index is -0.0196. The largest absolute Gasteiger partial charge is 0.380 e. The van der Waals surface area contributed by atoms with Crippen LogP contribution in [0.5, 0.6) is 0 Å². The molecule has 5 heteroatoms. The summed E-state index contributed by atoms with van der Waals surface area (Å²) in [5, 5.41) is 10.5. The Morgan fingerprint density at radius 1 is 1.19 bits per heavy atom. The van der Waals surface area contributed by atoms with Gasteiger partial charge in [0, 0.05) is 31.4 Å². The number of pyridine rings is 1. The maximum absolute atomic E-state index is 11.4. The van der Waals surface area contributed by atoms with Crippen LogP contribution in [0.1, 0.15) is 5.56 Å². The van der Waals surface area contributed by atoms with E-state index in [9.17, 15) is 4.79 Å². The van der Waals surface area contributed by atoms with Crippen LogP contribution in [0.25, 0.3) is 11.3 Å². The van der Waals surface area contributed by atoms with Crippen molar-refractivity contribution in [2.24, 2.45) is 7.05 Å². The zero-order valence-electron chi connectivity index (χ0n) is 11.7. The van der Waals surface area contributed by atoms with Gasteiger partial charge in [-0.25, -0.2) is 0 Å². The third-order valence-electron chi connectivity index (χ3n) is 3.35. The van der Waals surface area contributed by atoms with E-state index in [-0.39, 0.29) is 5.56 Å². The zero-order valence-corrected chi connectivity index (χ0v) is 11.7. The van der Waals surface area contributed by atoms with E-state index in [1.165, 1.54) is 0 Å². The number of anilines is 1. The summed E-state index contributed by atoms with van der Waals surface area (Å²) >= 11 is 0. The van der Waals surface area contributed by atoms with Gasteiger partial charge in [0.05, 0.1) is 17.6 Å². The highest BCUT2D eigenvalue weighted by Gasteiger charge is 2.07. The Kier molecular flexibility index (Phi) is 3.55. The number of hydrogen-bond donors (Lipinski definition) is 2. The molecule has 21 heavy (non-hydrogen) atoms. The number of rotatable bonds is 4. The number of nitrogens with zero attached hydrogens (tertiary/aromatic N) is 2. The molecule has 3 aromatic rings. The van der Waals surface area contributed by atoms with Crippen LogP contribution in [-0.4, -0.2) is 14.8 Å². The molecule has 0 atom stereocenters. The molecule has 0 saturated heterocycles. The van der Waals surface area contributed by atoms with E-state index in [0.29, 0.717) is 6.54 Å². The fraction of sp³-hybridized carbons (Fsp3) is 0.125. The second kappa shape index (κ2) is 5.66. The lowest BCUT2D eigenvalue weighted by Crippen LogP contribution is -2.15. The van der Waals surface area contributed by atoms with Crippen LogP contribution in [0.2, 0.25) is 0 Å². The molecule has 5 nitrogen and oxygen atoms in total. The van der Waals surface area contributed by atoms with E-state index in [2.05, 4.69) is 15.5 Å². The molecule has 0 aliphatic carbocycles. The Labute approximate surface area is 122 Å². The number of aromatic amines is 1. The molecule has 2 heterocycles. The molecule has 0 amide bonds. The topological polar surface area (TPSA) is 62.7 Å². The summed E-state index contributed by atoms with van der Waals surface area (Å²) in [4.78, 5) is 11.4. The molecule has 3 rings (SSSR count). The standard InChI is InChI=1S/C16H16N4O/c1-20-11-14(7-8-15(20)21)17-9-13-10-18-19-16(13)12-5-3-2-4-6-12/h2-8,10-11,17H,9H2,1H3,(H,18,19). The molecule has 0 spiro atoms. The molecule has 0 aliphatic heterocycles. The maximum atomic E-state index is 11.4. The first-order chi connectivity index (χ1) is 10.2. The quantitative estimate of drug-likeness (QED) is 0.771. The van der Waals surface area contributed by atoms with Crippen molar-refractivity contribution in [3.05, 3.63) is 70.8 Å². The van der Waals surface area contributed by atoms with Gasteiger partial charge < -0.3 is 9.88 Å². The molecule has 0 radical (unpaired) electrons. The monoisotopic (exact) mass is 280 g/mol. The third kappa shape index (κ3) is 2.86. The molecule has 0 fully saturated rings. The van der Waals surface area contributed by atoms with Crippen LogP contribution in [0.15, 0.2) is 59.7 Å². The molecule has 2 aromatic heterocycles. The van der Waals surface area contributed by atoms with Crippen molar-refractivity contribution in [3.8, 4) is 11.3 Å². The van der Waals surface area contributed by atoms with Crippen LogP contribution < -0.4 is 10.9 Å². The number of benzene rings is 1. The minimum absolute atomic E-state index is 0.0196. The summed E-state index contributed by atoms with van der Waals surface area (Å²) in [7, 11) is 1.74. The van der Waals surface area contributed by atoms with Gasteiger partial charge in [-0.15, -0.1) is 0 Å². The van der Waals surface area contributed by atoms with Gasteiger partial charge in [0.15, 0.2) is 0 Å². The second-order valence-electron chi connectivity index (χ2n) is 4.86. The number of nitrogens with one attached hydrogen (secondary N) is 2. The molecule has 1 aromatic carbocycles. The van der Waals surface area contributed by atoms with Crippen molar-refractivity contribution in [1.29, 1.82) is 0 Å². The fourth-order valence-corrected chi connectivity index (χ4v) is 2.20. The predicted molar refractivity (Wildman–Crippen MR) is 83.0 cm³/mol. The smallest absolute Gasteiger partial charge is 0.250 e. The van der Waals surface area contributed by atoms with Gasteiger partial charge in [0.2, 0.25) is 5.56 Å². The van der Waals surface area contributed by atoms with Gasteiger partial charge in [-0.2, -0.15) is 5.10 Å². The van der Waals surface area contributed by atoms with Crippen molar-refractivity contribution < 1.29 is 0 Å². The van der Waals surface area contributed by atoms with Crippen molar-refractivity contribution in [1.82, 2.24) is 14.8 Å². The first kappa shape index (κ1) is 13.2. The first-order valence-electron chi connectivity index (χ1n) is 6.72. The number of hydrogen-bond acceptors (Lipinski definition) is 3. The highest BCUT2D eigenvalue weighted by molar-refractivity contribution is 5.63. The van der Waals surface area contributed by atoms with E-state index < -0.39 is 0 Å².